The molecule has 0 unspecified atom stereocenters. The maximum absolute atomic E-state index is 14.3. The van der Waals surface area contributed by atoms with Crippen LogP contribution < -0.4 is 5.73 Å². The van der Waals surface area contributed by atoms with Crippen molar-refractivity contribution in [3.05, 3.63) is 47.1 Å². The monoisotopic (exact) mass is 305 g/mol. The summed E-state index contributed by atoms with van der Waals surface area (Å²) in [6.07, 6.45) is 1.57. The predicted octanol–water partition coefficient (Wildman–Crippen LogP) is 4.03. The van der Waals surface area contributed by atoms with E-state index in [1.54, 1.807) is 25.4 Å². The summed E-state index contributed by atoms with van der Waals surface area (Å²) in [4.78, 5) is 0. The number of aromatic nitrogens is 2. The van der Waals surface area contributed by atoms with Gasteiger partial charge in [0.25, 0.3) is 0 Å². The average molecular weight is 306 g/mol. The highest BCUT2D eigenvalue weighted by atomic mass is 35.5. The number of nitrogens with zero attached hydrogens (tertiary/aromatic N) is 2. The zero-order valence-electron chi connectivity index (χ0n) is 11.5. The number of aryl methyl sites for hydroxylation is 2. The first kappa shape index (κ1) is 13.7. The van der Waals surface area contributed by atoms with Gasteiger partial charge in [0.05, 0.1) is 10.6 Å². The van der Waals surface area contributed by atoms with Crippen LogP contribution in [0.25, 0.3) is 22.4 Å². The van der Waals surface area contributed by atoms with Gasteiger partial charge < -0.3 is 10.2 Å². The van der Waals surface area contributed by atoms with Crippen molar-refractivity contribution in [3.63, 3.8) is 0 Å². The third-order valence-electron chi connectivity index (χ3n) is 3.32. The van der Waals surface area contributed by atoms with Crippen LogP contribution in [0.2, 0.25) is 5.02 Å². The Morgan fingerprint density at radius 2 is 2.14 bits per heavy atom. The lowest BCUT2D eigenvalue weighted by Gasteiger charge is -2.06. The summed E-state index contributed by atoms with van der Waals surface area (Å²) in [7, 11) is 1.71. The largest absolute Gasteiger partial charge is 0.469 e. The van der Waals surface area contributed by atoms with Gasteiger partial charge in [-0.1, -0.05) is 23.7 Å². The predicted molar refractivity (Wildman–Crippen MR) is 80.5 cm³/mol. The Kier molecular flexibility index (Phi) is 3.22. The molecule has 0 fully saturated rings. The highest BCUT2D eigenvalue weighted by molar-refractivity contribution is 6.31. The zero-order chi connectivity index (χ0) is 15.1. The van der Waals surface area contributed by atoms with Crippen molar-refractivity contribution < 1.29 is 8.81 Å². The lowest BCUT2D eigenvalue weighted by Crippen LogP contribution is -1.98. The smallest absolute Gasteiger partial charge is 0.149 e. The molecular weight excluding hydrogens is 293 g/mol. The van der Waals surface area contributed by atoms with E-state index in [9.17, 15) is 4.39 Å². The second kappa shape index (κ2) is 4.93. The Balaban J connectivity index is 2.29. The number of rotatable bonds is 2. The quantitative estimate of drug-likeness (QED) is 0.777. The molecule has 3 aromatic rings. The fraction of sp³-hybridized carbons (Fsp3) is 0.133. The summed E-state index contributed by atoms with van der Waals surface area (Å²) < 4.78 is 21.1. The first-order valence-electron chi connectivity index (χ1n) is 6.31. The van der Waals surface area contributed by atoms with Crippen LogP contribution in [0, 0.1) is 12.7 Å². The molecule has 6 heteroatoms. The van der Waals surface area contributed by atoms with E-state index in [2.05, 4.69) is 5.10 Å². The summed E-state index contributed by atoms with van der Waals surface area (Å²) >= 11 is 5.86. The van der Waals surface area contributed by atoms with Crippen LogP contribution in [0.5, 0.6) is 0 Å². The number of benzene rings is 1. The van der Waals surface area contributed by atoms with Gasteiger partial charge in [-0.15, -0.1) is 0 Å². The van der Waals surface area contributed by atoms with Gasteiger partial charge in [-0.05, 0) is 19.1 Å². The molecule has 0 amide bonds. The SMILES string of the molecule is Cc1cc(-c2nn(C)c(N)c2-c2cccc(Cl)c2F)co1. The Morgan fingerprint density at radius 3 is 2.81 bits per heavy atom. The molecule has 2 aromatic heterocycles. The highest BCUT2D eigenvalue weighted by Gasteiger charge is 2.22. The Bertz CT molecular complexity index is 822. The van der Waals surface area contributed by atoms with E-state index in [4.69, 9.17) is 21.8 Å². The van der Waals surface area contributed by atoms with Gasteiger partial charge in [0.1, 0.15) is 29.4 Å². The van der Waals surface area contributed by atoms with Crippen LogP contribution in [0.3, 0.4) is 0 Å². The van der Waals surface area contributed by atoms with Gasteiger partial charge in [-0.2, -0.15) is 5.10 Å². The van der Waals surface area contributed by atoms with Crippen LogP contribution in [0.1, 0.15) is 5.76 Å². The van der Waals surface area contributed by atoms with Gasteiger partial charge in [-0.3, -0.25) is 4.68 Å². The van der Waals surface area contributed by atoms with E-state index in [0.29, 0.717) is 22.6 Å². The fourth-order valence-electron chi connectivity index (χ4n) is 2.27. The van der Waals surface area contributed by atoms with Crippen molar-refractivity contribution in [2.24, 2.45) is 7.05 Å². The Hall–Kier alpha value is -2.27. The molecule has 0 saturated carbocycles. The van der Waals surface area contributed by atoms with E-state index in [1.165, 1.54) is 10.7 Å². The highest BCUT2D eigenvalue weighted by Crippen LogP contribution is 2.39. The first-order chi connectivity index (χ1) is 9.99. The summed E-state index contributed by atoms with van der Waals surface area (Å²) in [5.74, 6) is 0.595. The minimum absolute atomic E-state index is 0.0464. The topological polar surface area (TPSA) is 57.0 Å². The van der Waals surface area contributed by atoms with Crippen molar-refractivity contribution in [2.45, 2.75) is 6.92 Å². The number of anilines is 1. The second-order valence-corrected chi connectivity index (χ2v) is 5.19. The number of hydrogen-bond donors (Lipinski definition) is 1. The zero-order valence-corrected chi connectivity index (χ0v) is 12.3. The van der Waals surface area contributed by atoms with Gasteiger partial charge in [-0.25, -0.2) is 4.39 Å². The van der Waals surface area contributed by atoms with Crippen molar-refractivity contribution in [2.75, 3.05) is 5.73 Å². The maximum atomic E-state index is 14.3. The maximum Gasteiger partial charge on any atom is 0.149 e. The van der Waals surface area contributed by atoms with Gasteiger partial charge in [0, 0.05) is 18.2 Å². The van der Waals surface area contributed by atoms with Crippen LogP contribution in [-0.4, -0.2) is 9.78 Å². The van der Waals surface area contributed by atoms with E-state index >= 15 is 0 Å². The van der Waals surface area contributed by atoms with Crippen LogP contribution in [0.4, 0.5) is 10.2 Å². The molecule has 0 atom stereocenters. The number of nitrogen functional groups attached to an aromatic ring is 1. The third kappa shape index (κ3) is 2.19. The van der Waals surface area contributed by atoms with E-state index in [0.717, 1.165) is 11.3 Å². The van der Waals surface area contributed by atoms with Crippen molar-refractivity contribution in [1.29, 1.82) is 0 Å². The molecule has 0 aliphatic heterocycles. The number of furan rings is 1. The Morgan fingerprint density at radius 1 is 1.38 bits per heavy atom. The van der Waals surface area contributed by atoms with Crippen LogP contribution in [0.15, 0.2) is 34.9 Å². The molecule has 0 aliphatic rings. The van der Waals surface area contributed by atoms with E-state index in [-0.39, 0.29) is 5.02 Å². The van der Waals surface area contributed by atoms with Crippen molar-refractivity contribution in [3.8, 4) is 22.4 Å². The number of hydrogen-bond acceptors (Lipinski definition) is 3. The van der Waals surface area contributed by atoms with Gasteiger partial charge in [0.2, 0.25) is 0 Å². The number of halogens is 2. The first-order valence-corrected chi connectivity index (χ1v) is 6.69. The fourth-order valence-corrected chi connectivity index (χ4v) is 2.44. The standard InChI is InChI=1S/C15H13ClFN3O/c1-8-6-9(7-21-8)14-12(15(18)20(2)19-14)10-4-3-5-11(16)13(10)17/h3-7H,18H2,1-2H3. The molecule has 0 bridgehead atoms. The van der Waals surface area contributed by atoms with Gasteiger partial charge >= 0.3 is 0 Å². The molecule has 1 aromatic carbocycles. The summed E-state index contributed by atoms with van der Waals surface area (Å²) in [6, 6.07) is 6.63. The summed E-state index contributed by atoms with van der Waals surface area (Å²) in [5.41, 5.74) is 8.20. The summed E-state index contributed by atoms with van der Waals surface area (Å²) in [5, 5.41) is 4.41. The van der Waals surface area contributed by atoms with Crippen LogP contribution in [-0.2, 0) is 7.05 Å². The molecule has 21 heavy (non-hydrogen) atoms. The van der Waals surface area contributed by atoms with Crippen LogP contribution >= 0.6 is 11.6 Å². The van der Waals surface area contributed by atoms with E-state index in [1.807, 2.05) is 13.0 Å². The molecule has 4 nitrogen and oxygen atoms in total. The summed E-state index contributed by atoms with van der Waals surface area (Å²) in [6.45, 7) is 1.83. The molecule has 0 saturated heterocycles. The third-order valence-corrected chi connectivity index (χ3v) is 3.61. The lowest BCUT2D eigenvalue weighted by molar-refractivity contribution is 0.534. The minimum atomic E-state index is -0.514. The van der Waals surface area contributed by atoms with Gasteiger partial charge in [0.15, 0.2) is 0 Å². The minimum Gasteiger partial charge on any atom is -0.469 e. The van der Waals surface area contributed by atoms with E-state index < -0.39 is 5.82 Å². The molecule has 0 radical (unpaired) electrons. The molecule has 3 rings (SSSR count). The Labute approximate surface area is 125 Å². The molecular formula is C15H13ClFN3O. The molecule has 2 heterocycles. The second-order valence-electron chi connectivity index (χ2n) is 4.78. The molecule has 108 valence electrons. The normalized spacial score (nSPS) is 11.0. The van der Waals surface area contributed by atoms with Crippen molar-refractivity contribution in [1.82, 2.24) is 9.78 Å². The molecule has 2 N–H and O–H groups in total. The van der Waals surface area contributed by atoms with Crippen molar-refractivity contribution >= 4 is 17.4 Å². The average Bonchev–Trinajstić information content (AvgIpc) is 2.99. The molecule has 0 spiro atoms. The number of nitrogens with two attached hydrogens (primary N) is 1. The molecule has 0 aliphatic carbocycles. The lowest BCUT2D eigenvalue weighted by atomic mass is 10.0.